The number of nitrogens with one attached hydrogen (secondary N) is 2. The lowest BCUT2D eigenvalue weighted by Gasteiger charge is -2.21. The van der Waals surface area contributed by atoms with Gasteiger partial charge in [0.05, 0.1) is 34.1 Å². The molecule has 11 nitrogen and oxygen atoms in total. The van der Waals surface area contributed by atoms with Crippen LogP contribution in [0.1, 0.15) is 33.9 Å². The lowest BCUT2D eigenvalue weighted by atomic mass is 9.90. The Bertz CT molecular complexity index is 1800. The minimum absolute atomic E-state index is 0.0994. The molecule has 4 N–H and O–H groups in total. The van der Waals surface area contributed by atoms with Crippen molar-refractivity contribution in [1.29, 1.82) is 0 Å². The molecule has 0 radical (unpaired) electrons. The van der Waals surface area contributed by atoms with Gasteiger partial charge >= 0.3 is 11.4 Å². The van der Waals surface area contributed by atoms with Crippen LogP contribution >= 0.6 is 0 Å². The molecule has 0 aliphatic carbocycles. The van der Waals surface area contributed by atoms with Gasteiger partial charge in [0.25, 0.3) is 11.1 Å². The Kier molecular flexibility index (Phi) is 6.32. The van der Waals surface area contributed by atoms with Gasteiger partial charge in [0.15, 0.2) is 0 Å². The minimum Gasteiger partial charge on any atom is -0.494 e. The number of benzene rings is 2. The molecule has 0 saturated heterocycles. The summed E-state index contributed by atoms with van der Waals surface area (Å²) < 4.78 is 1.76. The topological polar surface area (TPSA) is 163 Å². The van der Waals surface area contributed by atoms with Crippen molar-refractivity contribution in [1.82, 2.24) is 24.1 Å². The normalized spacial score (nSPS) is 11.2. The zero-order valence-corrected chi connectivity index (χ0v) is 20.9. The number of aromatic hydroxyl groups is 2. The van der Waals surface area contributed by atoms with E-state index in [9.17, 15) is 29.4 Å². The van der Waals surface area contributed by atoms with Crippen molar-refractivity contribution in [2.75, 3.05) is 0 Å². The number of aromatic nitrogens is 5. The first-order chi connectivity index (χ1) is 18.7. The quantitative estimate of drug-likeness (QED) is 0.273. The molecule has 196 valence electrons. The number of aromatic amines is 2. The van der Waals surface area contributed by atoms with Crippen molar-refractivity contribution in [2.45, 2.75) is 19.8 Å². The van der Waals surface area contributed by atoms with E-state index in [2.05, 4.69) is 15.0 Å². The van der Waals surface area contributed by atoms with Crippen LogP contribution in [0.15, 0.2) is 92.1 Å². The van der Waals surface area contributed by atoms with Crippen LogP contribution in [0.5, 0.6) is 11.8 Å². The monoisotopic (exact) mass is 525 g/mol. The van der Waals surface area contributed by atoms with Crippen molar-refractivity contribution in [2.24, 2.45) is 0 Å². The second-order valence-electron chi connectivity index (χ2n) is 9.02. The highest BCUT2D eigenvalue weighted by atomic mass is 16.3. The molecule has 5 rings (SSSR count). The van der Waals surface area contributed by atoms with Crippen LogP contribution in [0.25, 0.3) is 11.4 Å². The van der Waals surface area contributed by atoms with Gasteiger partial charge in [-0.2, -0.15) is 0 Å². The second kappa shape index (κ2) is 9.78. The Hall–Kier alpha value is -5.45. The van der Waals surface area contributed by atoms with Gasteiger partial charge in [0.1, 0.15) is 0 Å². The third-order valence-electron chi connectivity index (χ3n) is 6.39. The maximum Gasteiger partial charge on any atom is 0.335 e. The molecule has 0 aliphatic heterocycles. The van der Waals surface area contributed by atoms with Crippen LogP contribution in [0.4, 0.5) is 0 Å². The first-order valence-corrected chi connectivity index (χ1v) is 11.9. The van der Waals surface area contributed by atoms with Gasteiger partial charge in [0, 0.05) is 6.20 Å². The van der Waals surface area contributed by atoms with Gasteiger partial charge in [-0.1, -0.05) is 41.5 Å². The molecule has 3 aromatic heterocycles. The van der Waals surface area contributed by atoms with Crippen LogP contribution < -0.4 is 22.5 Å². The summed E-state index contributed by atoms with van der Waals surface area (Å²) in [5.41, 5.74) is -2.26. The van der Waals surface area contributed by atoms with Crippen LogP contribution in [0.3, 0.4) is 0 Å². The van der Waals surface area contributed by atoms with Crippen molar-refractivity contribution in [3.8, 4) is 23.1 Å². The number of rotatable bonds is 5. The van der Waals surface area contributed by atoms with Crippen molar-refractivity contribution in [3.63, 3.8) is 0 Å². The van der Waals surface area contributed by atoms with E-state index in [1.807, 2.05) is 13.8 Å². The Morgan fingerprint density at radius 3 is 1.49 bits per heavy atom. The van der Waals surface area contributed by atoms with E-state index in [-0.39, 0.29) is 17.1 Å². The second-order valence-corrected chi connectivity index (χ2v) is 9.02. The van der Waals surface area contributed by atoms with E-state index in [1.165, 1.54) is 12.3 Å². The van der Waals surface area contributed by atoms with Crippen molar-refractivity contribution in [3.05, 3.63) is 143 Å². The van der Waals surface area contributed by atoms with Gasteiger partial charge in [-0.25, -0.2) is 18.7 Å². The number of H-pyrrole nitrogens is 2. The van der Waals surface area contributed by atoms with Gasteiger partial charge in [-0.15, -0.1) is 0 Å². The first-order valence-electron chi connectivity index (χ1n) is 11.9. The van der Waals surface area contributed by atoms with E-state index in [4.69, 9.17) is 0 Å². The van der Waals surface area contributed by atoms with E-state index in [0.717, 1.165) is 20.3 Å². The molecule has 0 saturated carbocycles. The molecule has 0 aliphatic rings. The van der Waals surface area contributed by atoms with Crippen LogP contribution in [-0.2, 0) is 0 Å². The van der Waals surface area contributed by atoms with E-state index in [1.54, 1.807) is 60.7 Å². The van der Waals surface area contributed by atoms with Crippen molar-refractivity contribution < 1.29 is 10.2 Å². The summed E-state index contributed by atoms with van der Waals surface area (Å²) >= 11 is 0. The highest BCUT2D eigenvalue weighted by Gasteiger charge is 2.33. The minimum atomic E-state index is -1.48. The number of hydrogen-bond donors (Lipinski definition) is 4. The fourth-order valence-corrected chi connectivity index (χ4v) is 4.45. The molecule has 3 heterocycles. The highest BCUT2D eigenvalue weighted by molar-refractivity contribution is 5.50. The number of hydrogen-bond acceptors (Lipinski definition) is 7. The fraction of sp³-hybridized carbons (Fsp3) is 0.107. The zero-order valence-electron chi connectivity index (χ0n) is 20.9. The molecule has 0 unspecified atom stereocenters. The molecule has 0 spiro atoms. The smallest absolute Gasteiger partial charge is 0.335 e. The zero-order chi connectivity index (χ0) is 27.8. The molecular formula is C28H23N5O6. The Morgan fingerprint density at radius 1 is 0.667 bits per heavy atom. The molecule has 0 amide bonds. The molecular weight excluding hydrogens is 502 g/mol. The lowest BCUT2D eigenvalue weighted by molar-refractivity contribution is 0.411. The summed E-state index contributed by atoms with van der Waals surface area (Å²) in [6, 6.07) is 17.9. The molecule has 0 fully saturated rings. The van der Waals surface area contributed by atoms with Gasteiger partial charge in [-0.05, 0) is 50.2 Å². The number of pyridine rings is 1. The summed E-state index contributed by atoms with van der Waals surface area (Å²) in [7, 11) is 0. The Morgan fingerprint density at radius 2 is 1.10 bits per heavy atom. The summed E-state index contributed by atoms with van der Waals surface area (Å²) in [5.74, 6) is -2.99. The average molecular weight is 526 g/mol. The lowest BCUT2D eigenvalue weighted by Crippen LogP contribution is -2.36. The molecule has 11 heteroatoms. The van der Waals surface area contributed by atoms with Crippen LogP contribution in [-0.4, -0.2) is 34.3 Å². The predicted molar refractivity (Wildman–Crippen MR) is 143 cm³/mol. The van der Waals surface area contributed by atoms with E-state index in [0.29, 0.717) is 0 Å². The van der Waals surface area contributed by atoms with E-state index < -0.39 is 51.3 Å². The van der Waals surface area contributed by atoms with E-state index >= 15 is 0 Å². The molecule has 0 atom stereocenters. The molecule has 39 heavy (non-hydrogen) atoms. The highest BCUT2D eigenvalue weighted by Crippen LogP contribution is 2.36. The van der Waals surface area contributed by atoms with Crippen molar-refractivity contribution >= 4 is 0 Å². The summed E-state index contributed by atoms with van der Waals surface area (Å²) in [6.45, 7) is 3.69. The van der Waals surface area contributed by atoms with Crippen LogP contribution in [0, 0.1) is 13.8 Å². The maximum atomic E-state index is 13.2. The largest absolute Gasteiger partial charge is 0.494 e. The predicted octanol–water partition coefficient (Wildman–Crippen LogP) is 1.97. The Balaban J connectivity index is 1.87. The third-order valence-corrected chi connectivity index (χ3v) is 6.39. The summed E-state index contributed by atoms with van der Waals surface area (Å²) in [5, 5.41) is 22.7. The third kappa shape index (κ3) is 4.46. The van der Waals surface area contributed by atoms with Crippen LogP contribution in [0.2, 0.25) is 0 Å². The number of aryl methyl sites for hydroxylation is 2. The standard InChI is InChI=1S/C28H23N5O6/c1-15-6-10-17(11-7-15)32-25(36)21(23(34)30-27(32)38)20(19-5-3-4-14-29-19)22-24(35)31-28(39)33(26(22)37)18-12-8-16(2)9-13-18/h3-14,20,36-37H,1-2H3,(H,30,34,38)(H,31,35,39). The average Bonchev–Trinajstić information content (AvgIpc) is 2.90. The molecule has 5 aromatic rings. The summed E-state index contributed by atoms with van der Waals surface area (Å²) in [4.78, 5) is 60.8. The molecule has 0 bridgehead atoms. The van der Waals surface area contributed by atoms with Gasteiger partial charge in [-0.3, -0.25) is 24.5 Å². The fourth-order valence-electron chi connectivity index (χ4n) is 4.45. The first kappa shape index (κ1) is 25.2. The van der Waals surface area contributed by atoms with Gasteiger partial charge < -0.3 is 10.2 Å². The summed E-state index contributed by atoms with van der Waals surface area (Å²) in [6.07, 6.45) is 1.41. The molecule has 2 aromatic carbocycles. The SMILES string of the molecule is Cc1ccc(-n2c(O)c(C(c3ccccn3)c3c(O)n(-c4ccc(C)cc4)c(=O)[nH]c3=O)c(=O)[nH]c2=O)cc1. The number of nitrogens with zero attached hydrogens (tertiary/aromatic N) is 3. The van der Waals surface area contributed by atoms with Gasteiger partial charge in [0.2, 0.25) is 11.8 Å². The Labute approximate surface area is 220 Å². The maximum absolute atomic E-state index is 13.2.